The molecular formula is C20H17I3N2OS2. The highest BCUT2D eigenvalue weighted by atomic mass is 127. The number of benzene rings is 1. The van der Waals surface area contributed by atoms with Crippen LogP contribution in [-0.2, 0) is 4.79 Å². The van der Waals surface area contributed by atoms with Crippen LogP contribution in [0.2, 0.25) is 0 Å². The zero-order valence-electron chi connectivity index (χ0n) is 15.1. The molecule has 8 heteroatoms. The highest BCUT2D eigenvalue weighted by Gasteiger charge is 2.30. The smallest absolute Gasteiger partial charge is 0.266 e. The van der Waals surface area contributed by atoms with Crippen molar-refractivity contribution in [2.24, 2.45) is 0 Å². The van der Waals surface area contributed by atoms with Gasteiger partial charge < -0.3 is 5.32 Å². The van der Waals surface area contributed by atoms with Gasteiger partial charge in [0.05, 0.1) is 4.91 Å². The van der Waals surface area contributed by atoms with Gasteiger partial charge in [-0.1, -0.05) is 55.2 Å². The number of nitrogens with one attached hydrogen (secondary N) is 1. The first-order valence-electron chi connectivity index (χ1n) is 8.58. The van der Waals surface area contributed by atoms with E-state index in [-0.39, 0.29) is 5.91 Å². The van der Waals surface area contributed by atoms with Crippen molar-refractivity contribution in [2.45, 2.75) is 19.8 Å². The Morgan fingerprint density at radius 2 is 1.86 bits per heavy atom. The summed E-state index contributed by atoms with van der Waals surface area (Å²) in [5.74, 6) is 0.338. The van der Waals surface area contributed by atoms with E-state index in [2.05, 4.69) is 92.2 Å². The molecule has 2 aliphatic heterocycles. The SMILES string of the molecule is CCN1C(=O)\C(=C/C=C/C=C/C=C2\Nc3cc(I)c(I)c(I)c3C2C)SC1=S. The van der Waals surface area contributed by atoms with Crippen molar-refractivity contribution in [1.82, 2.24) is 4.90 Å². The summed E-state index contributed by atoms with van der Waals surface area (Å²) < 4.78 is 4.55. The van der Waals surface area contributed by atoms with Gasteiger partial charge in [-0.2, -0.15) is 0 Å². The van der Waals surface area contributed by atoms with Gasteiger partial charge in [-0.25, -0.2) is 0 Å². The molecule has 1 aromatic rings. The molecule has 1 unspecified atom stereocenters. The number of halogens is 3. The van der Waals surface area contributed by atoms with Gasteiger partial charge in [0, 0.05) is 34.6 Å². The van der Waals surface area contributed by atoms with E-state index in [1.54, 1.807) is 4.90 Å². The second-order valence-corrected chi connectivity index (χ2v) is 11.1. The highest BCUT2D eigenvalue weighted by Crippen LogP contribution is 2.43. The minimum Gasteiger partial charge on any atom is -0.358 e. The van der Waals surface area contributed by atoms with Crippen LogP contribution in [0.1, 0.15) is 25.3 Å². The number of thiocarbonyl (C=S) groups is 1. The second-order valence-electron chi connectivity index (χ2n) is 6.13. The lowest BCUT2D eigenvalue weighted by Crippen LogP contribution is -2.27. The quantitative estimate of drug-likeness (QED) is 0.121. The number of thioether (sulfide) groups is 1. The number of amides is 1. The van der Waals surface area contributed by atoms with E-state index in [9.17, 15) is 4.79 Å². The molecular weight excluding hydrogens is 729 g/mol. The van der Waals surface area contributed by atoms with Crippen LogP contribution in [0, 0.1) is 10.7 Å². The molecule has 2 aliphatic rings. The lowest BCUT2D eigenvalue weighted by molar-refractivity contribution is -0.122. The largest absolute Gasteiger partial charge is 0.358 e. The molecule has 0 aromatic heterocycles. The van der Waals surface area contributed by atoms with Gasteiger partial charge in [0.2, 0.25) is 0 Å². The molecule has 3 nitrogen and oxygen atoms in total. The monoisotopic (exact) mass is 746 g/mol. The van der Waals surface area contributed by atoms with Crippen molar-refractivity contribution >= 4 is 108 Å². The molecule has 0 saturated carbocycles. The number of hydrogen-bond donors (Lipinski definition) is 1. The molecule has 28 heavy (non-hydrogen) atoms. The van der Waals surface area contributed by atoms with Gasteiger partial charge in [0.15, 0.2) is 0 Å². The van der Waals surface area contributed by atoms with E-state index in [1.807, 2.05) is 37.3 Å². The van der Waals surface area contributed by atoms with Crippen LogP contribution < -0.4 is 5.32 Å². The summed E-state index contributed by atoms with van der Waals surface area (Å²) in [6.07, 6.45) is 11.7. The summed E-state index contributed by atoms with van der Waals surface area (Å²) in [5, 5.41) is 3.54. The van der Waals surface area contributed by atoms with Gasteiger partial charge in [-0.05, 0) is 98.5 Å². The fraction of sp³-hybridized carbons (Fsp3) is 0.200. The normalized spacial score (nSPS) is 22.3. The zero-order valence-corrected chi connectivity index (χ0v) is 23.2. The highest BCUT2D eigenvalue weighted by molar-refractivity contribution is 14.1. The van der Waals surface area contributed by atoms with E-state index in [4.69, 9.17) is 12.2 Å². The molecule has 2 heterocycles. The van der Waals surface area contributed by atoms with Crippen molar-refractivity contribution in [3.63, 3.8) is 0 Å². The molecule has 1 fully saturated rings. The molecule has 146 valence electrons. The minimum atomic E-state index is -0.00569. The molecule has 0 spiro atoms. The Morgan fingerprint density at radius 3 is 2.50 bits per heavy atom. The Labute approximate surface area is 216 Å². The number of likely N-dealkylation sites (N-methyl/N-ethyl adjacent to an activating group) is 1. The van der Waals surface area contributed by atoms with Crippen molar-refractivity contribution in [3.8, 4) is 0 Å². The van der Waals surface area contributed by atoms with Gasteiger partial charge in [-0.3, -0.25) is 9.69 Å². The number of carbonyl (C=O) groups is 1. The number of carbonyl (C=O) groups excluding carboxylic acids is 1. The van der Waals surface area contributed by atoms with Crippen LogP contribution in [0.4, 0.5) is 5.69 Å². The summed E-state index contributed by atoms with van der Waals surface area (Å²) in [4.78, 5) is 14.4. The fourth-order valence-electron chi connectivity index (χ4n) is 2.96. The van der Waals surface area contributed by atoms with Crippen molar-refractivity contribution in [3.05, 3.63) is 69.4 Å². The average Bonchev–Trinajstić information content (AvgIpc) is 3.11. The van der Waals surface area contributed by atoms with Gasteiger partial charge in [-0.15, -0.1) is 0 Å². The summed E-state index contributed by atoms with van der Waals surface area (Å²) in [5.41, 5.74) is 3.77. The second kappa shape index (κ2) is 9.92. The number of anilines is 1. The van der Waals surface area contributed by atoms with E-state index in [0.717, 1.165) is 0 Å². The van der Waals surface area contributed by atoms with Gasteiger partial charge in [0.25, 0.3) is 5.91 Å². The zero-order chi connectivity index (χ0) is 20.4. The summed E-state index contributed by atoms with van der Waals surface area (Å²) in [6, 6.07) is 2.22. The number of fused-ring (bicyclic) bond motifs is 1. The van der Waals surface area contributed by atoms with Crippen LogP contribution in [0.15, 0.2) is 53.1 Å². The number of allylic oxidation sites excluding steroid dienone is 7. The Kier molecular flexibility index (Phi) is 8.07. The molecule has 1 saturated heterocycles. The van der Waals surface area contributed by atoms with Crippen molar-refractivity contribution in [1.29, 1.82) is 0 Å². The van der Waals surface area contributed by atoms with Crippen LogP contribution in [0.5, 0.6) is 0 Å². The first-order chi connectivity index (χ1) is 13.3. The average molecular weight is 746 g/mol. The maximum atomic E-state index is 12.1. The maximum absolute atomic E-state index is 12.1. The van der Waals surface area contributed by atoms with Crippen LogP contribution >= 0.6 is 91.8 Å². The summed E-state index contributed by atoms with van der Waals surface area (Å²) >= 11 is 13.8. The molecule has 1 aromatic carbocycles. The standard InChI is InChI=1S/C20H17I3N2OS2/c1-3-25-19(26)15(28-20(25)27)9-7-5-4-6-8-13-11(2)16-14(24-13)10-12(21)17(22)18(16)23/h4-11,24H,3H2,1-2H3/b6-4+,7-5+,13-8-,15-9+. The molecule has 0 aliphatic carbocycles. The third-order valence-corrected chi connectivity index (χ3v) is 11.0. The summed E-state index contributed by atoms with van der Waals surface area (Å²) in [6.45, 7) is 4.78. The van der Waals surface area contributed by atoms with Crippen LogP contribution in [0.25, 0.3) is 0 Å². The van der Waals surface area contributed by atoms with E-state index < -0.39 is 0 Å². The molecule has 0 radical (unpaired) electrons. The fourth-order valence-corrected chi connectivity index (χ4v) is 6.89. The van der Waals surface area contributed by atoms with Crippen LogP contribution in [0.3, 0.4) is 0 Å². The number of nitrogens with zero attached hydrogens (tertiary/aromatic N) is 1. The Balaban J connectivity index is 1.67. The van der Waals surface area contributed by atoms with E-state index >= 15 is 0 Å². The Hall–Kier alpha value is 0.0800. The third kappa shape index (κ3) is 4.70. The molecule has 1 atom stereocenters. The summed E-state index contributed by atoms with van der Waals surface area (Å²) in [7, 11) is 0. The first kappa shape index (κ1) is 22.8. The van der Waals surface area contributed by atoms with E-state index in [0.29, 0.717) is 21.7 Å². The lowest BCUT2D eigenvalue weighted by Gasteiger charge is -2.09. The third-order valence-electron chi connectivity index (χ3n) is 4.43. The molecule has 1 amide bonds. The number of hydrogen-bond acceptors (Lipinski definition) is 4. The Bertz CT molecular complexity index is 967. The van der Waals surface area contributed by atoms with E-state index in [1.165, 1.54) is 39.4 Å². The predicted octanol–water partition coefficient (Wildman–Crippen LogP) is 6.79. The van der Waals surface area contributed by atoms with Gasteiger partial charge >= 0.3 is 0 Å². The lowest BCUT2D eigenvalue weighted by atomic mass is 10.0. The first-order valence-corrected chi connectivity index (χ1v) is 13.0. The molecule has 0 bridgehead atoms. The topological polar surface area (TPSA) is 32.3 Å². The molecule has 3 rings (SSSR count). The van der Waals surface area contributed by atoms with Crippen molar-refractivity contribution < 1.29 is 4.79 Å². The number of rotatable bonds is 4. The molecule has 1 N–H and O–H groups in total. The van der Waals surface area contributed by atoms with Crippen molar-refractivity contribution in [2.75, 3.05) is 11.9 Å². The predicted molar refractivity (Wildman–Crippen MR) is 149 cm³/mol. The minimum absolute atomic E-state index is 0.00569. The maximum Gasteiger partial charge on any atom is 0.266 e. The van der Waals surface area contributed by atoms with Gasteiger partial charge in [0.1, 0.15) is 4.32 Å². The Morgan fingerprint density at radius 1 is 1.18 bits per heavy atom. The van der Waals surface area contributed by atoms with Crippen LogP contribution in [-0.4, -0.2) is 21.7 Å².